The quantitative estimate of drug-likeness (QED) is 0.561. The molecule has 0 amide bonds. The first-order valence-corrected chi connectivity index (χ1v) is 3.00. The summed E-state index contributed by atoms with van der Waals surface area (Å²) in [4.78, 5) is 0. The van der Waals surface area contributed by atoms with Crippen molar-refractivity contribution in [3.8, 4) is 0 Å². The molecule has 0 saturated heterocycles. The molecule has 0 atom stereocenters. The third-order valence-electron chi connectivity index (χ3n) is 1.14. The average molecular weight is 121 g/mol. The molecule has 0 aliphatic carbocycles. The molecule has 0 aliphatic rings. The first-order chi connectivity index (χ1) is 4.30. The molecule has 1 heterocycles. The van der Waals surface area contributed by atoms with E-state index >= 15 is 0 Å². The summed E-state index contributed by atoms with van der Waals surface area (Å²) < 4.78 is 0. The lowest BCUT2D eigenvalue weighted by molar-refractivity contribution is 0.783. The Bertz CT molecular complexity index is 170. The Morgan fingerprint density at radius 3 is 2.67 bits per heavy atom. The molecular formula is C7H9N2. The van der Waals surface area contributed by atoms with Gasteiger partial charge < -0.3 is 0 Å². The van der Waals surface area contributed by atoms with Gasteiger partial charge in [0.1, 0.15) is 6.20 Å². The third kappa shape index (κ3) is 1.49. The lowest BCUT2D eigenvalue weighted by atomic mass is 10.1. The zero-order valence-corrected chi connectivity index (χ0v) is 5.63. The van der Waals surface area contributed by atoms with Crippen LogP contribution in [0.15, 0.2) is 12.1 Å². The molecule has 2 heteroatoms. The van der Waals surface area contributed by atoms with Crippen LogP contribution in [0.25, 0.3) is 0 Å². The molecular weight excluding hydrogens is 112 g/mol. The van der Waals surface area contributed by atoms with Gasteiger partial charge in [-0.25, -0.2) is 0 Å². The van der Waals surface area contributed by atoms with Gasteiger partial charge in [0.15, 0.2) is 0 Å². The Hall–Kier alpha value is -0.920. The molecule has 47 valence electrons. The summed E-state index contributed by atoms with van der Waals surface area (Å²) in [6, 6.07) is 3.71. The standard InChI is InChI=1S/C7H9N2/c1-6(2)7-4-3-5-8-9-7/h3-4,6H,1-2H3. The van der Waals surface area contributed by atoms with E-state index in [-0.39, 0.29) is 0 Å². The zero-order valence-electron chi connectivity index (χ0n) is 5.63. The second-order valence-corrected chi connectivity index (χ2v) is 2.24. The first-order valence-electron chi connectivity index (χ1n) is 3.00. The number of rotatable bonds is 1. The van der Waals surface area contributed by atoms with Gasteiger partial charge in [-0.2, -0.15) is 5.10 Å². The van der Waals surface area contributed by atoms with Crippen molar-refractivity contribution in [1.82, 2.24) is 10.2 Å². The molecule has 0 aliphatic heterocycles. The van der Waals surface area contributed by atoms with Gasteiger partial charge in [0.05, 0.1) is 5.69 Å². The monoisotopic (exact) mass is 121 g/mol. The van der Waals surface area contributed by atoms with E-state index in [1.807, 2.05) is 6.07 Å². The second-order valence-electron chi connectivity index (χ2n) is 2.24. The highest BCUT2D eigenvalue weighted by Gasteiger charge is 1.96. The van der Waals surface area contributed by atoms with Crippen LogP contribution in [-0.4, -0.2) is 10.2 Å². The van der Waals surface area contributed by atoms with Crippen LogP contribution in [0, 0.1) is 6.20 Å². The lowest BCUT2D eigenvalue weighted by Crippen LogP contribution is -1.92. The van der Waals surface area contributed by atoms with Crippen molar-refractivity contribution in [3.05, 3.63) is 24.0 Å². The Morgan fingerprint density at radius 2 is 2.33 bits per heavy atom. The molecule has 1 aromatic heterocycles. The molecule has 1 aromatic rings. The minimum Gasteiger partial charge on any atom is -0.155 e. The molecule has 0 bridgehead atoms. The van der Waals surface area contributed by atoms with E-state index in [1.54, 1.807) is 6.07 Å². The molecule has 2 nitrogen and oxygen atoms in total. The van der Waals surface area contributed by atoms with Gasteiger partial charge in [-0.15, -0.1) is 5.10 Å². The van der Waals surface area contributed by atoms with Crippen molar-refractivity contribution in [2.75, 3.05) is 0 Å². The fourth-order valence-electron chi connectivity index (χ4n) is 0.584. The molecule has 0 spiro atoms. The summed E-state index contributed by atoms with van der Waals surface area (Å²) in [7, 11) is 0. The van der Waals surface area contributed by atoms with Crippen molar-refractivity contribution in [2.24, 2.45) is 0 Å². The van der Waals surface area contributed by atoms with E-state index in [9.17, 15) is 0 Å². The van der Waals surface area contributed by atoms with Gasteiger partial charge in [0.2, 0.25) is 0 Å². The maximum Gasteiger partial charge on any atom is 0.113 e. The van der Waals surface area contributed by atoms with E-state index in [4.69, 9.17) is 0 Å². The first kappa shape index (κ1) is 6.20. The third-order valence-corrected chi connectivity index (χ3v) is 1.14. The van der Waals surface area contributed by atoms with Crippen molar-refractivity contribution in [3.63, 3.8) is 0 Å². The van der Waals surface area contributed by atoms with E-state index in [1.165, 1.54) is 0 Å². The summed E-state index contributed by atoms with van der Waals surface area (Å²) in [5.74, 6) is 0.465. The van der Waals surface area contributed by atoms with Gasteiger partial charge in [-0.3, -0.25) is 0 Å². The Kier molecular flexibility index (Phi) is 1.78. The predicted octanol–water partition coefficient (Wildman–Crippen LogP) is 1.40. The summed E-state index contributed by atoms with van der Waals surface area (Å²) in [5.41, 5.74) is 1.02. The average Bonchev–Trinajstić information content (AvgIpc) is 1.90. The summed E-state index contributed by atoms with van der Waals surface area (Å²) >= 11 is 0. The Balaban J connectivity index is 2.85. The molecule has 1 rings (SSSR count). The maximum atomic E-state index is 3.87. The largest absolute Gasteiger partial charge is 0.155 e. The van der Waals surface area contributed by atoms with Crippen molar-refractivity contribution in [1.29, 1.82) is 0 Å². The number of aromatic nitrogens is 2. The minimum absolute atomic E-state index is 0.465. The highest BCUT2D eigenvalue weighted by atomic mass is 15.1. The van der Waals surface area contributed by atoms with Crippen molar-refractivity contribution >= 4 is 0 Å². The normalized spacial score (nSPS) is 10.1. The van der Waals surface area contributed by atoms with E-state index in [0.29, 0.717) is 5.92 Å². The molecule has 0 saturated carbocycles. The van der Waals surface area contributed by atoms with E-state index in [2.05, 4.69) is 30.2 Å². The smallest absolute Gasteiger partial charge is 0.113 e. The van der Waals surface area contributed by atoms with Crippen LogP contribution in [0.2, 0.25) is 0 Å². The molecule has 0 aromatic carbocycles. The molecule has 9 heavy (non-hydrogen) atoms. The van der Waals surface area contributed by atoms with Crippen LogP contribution in [0.3, 0.4) is 0 Å². The summed E-state index contributed by atoms with van der Waals surface area (Å²) in [6.45, 7) is 4.17. The number of hydrogen-bond donors (Lipinski definition) is 0. The summed E-state index contributed by atoms with van der Waals surface area (Å²) in [5, 5.41) is 7.50. The lowest BCUT2D eigenvalue weighted by Gasteiger charge is -1.98. The number of nitrogens with zero attached hydrogens (tertiary/aromatic N) is 2. The zero-order chi connectivity index (χ0) is 6.69. The van der Waals surface area contributed by atoms with Crippen LogP contribution >= 0.6 is 0 Å². The maximum absolute atomic E-state index is 3.87. The minimum atomic E-state index is 0.465. The van der Waals surface area contributed by atoms with Crippen LogP contribution in [-0.2, 0) is 0 Å². The van der Waals surface area contributed by atoms with E-state index in [0.717, 1.165) is 5.69 Å². The highest BCUT2D eigenvalue weighted by Crippen LogP contribution is 2.07. The Labute approximate surface area is 54.9 Å². The molecule has 0 fully saturated rings. The van der Waals surface area contributed by atoms with Gasteiger partial charge in [-0.1, -0.05) is 13.8 Å². The number of hydrogen-bond acceptors (Lipinski definition) is 2. The van der Waals surface area contributed by atoms with Crippen LogP contribution < -0.4 is 0 Å². The van der Waals surface area contributed by atoms with E-state index < -0.39 is 0 Å². The van der Waals surface area contributed by atoms with Crippen LogP contribution in [0.1, 0.15) is 25.5 Å². The van der Waals surface area contributed by atoms with Gasteiger partial charge in [-0.05, 0) is 18.1 Å². The summed E-state index contributed by atoms with van der Waals surface area (Å²) in [6.07, 6.45) is 2.63. The second kappa shape index (κ2) is 2.58. The topological polar surface area (TPSA) is 25.8 Å². The predicted molar refractivity (Wildman–Crippen MR) is 35.0 cm³/mol. The van der Waals surface area contributed by atoms with Crippen molar-refractivity contribution < 1.29 is 0 Å². The van der Waals surface area contributed by atoms with Gasteiger partial charge in [0, 0.05) is 0 Å². The fraction of sp³-hybridized carbons (Fsp3) is 0.429. The van der Waals surface area contributed by atoms with Gasteiger partial charge in [0.25, 0.3) is 0 Å². The molecule has 1 radical (unpaired) electrons. The molecule has 0 N–H and O–H groups in total. The fourth-order valence-corrected chi connectivity index (χ4v) is 0.584. The van der Waals surface area contributed by atoms with Gasteiger partial charge >= 0.3 is 0 Å². The Morgan fingerprint density at radius 1 is 1.56 bits per heavy atom. The molecule has 0 unspecified atom stereocenters. The SMILES string of the molecule is CC(C)c1cc[c]nn1. The highest BCUT2D eigenvalue weighted by molar-refractivity contribution is 5.02. The van der Waals surface area contributed by atoms with Crippen LogP contribution in [0.4, 0.5) is 0 Å². The van der Waals surface area contributed by atoms with Crippen molar-refractivity contribution in [2.45, 2.75) is 19.8 Å². The van der Waals surface area contributed by atoms with Crippen LogP contribution in [0.5, 0.6) is 0 Å².